The molecule has 1 unspecified atom stereocenters. The van der Waals surface area contributed by atoms with Crippen molar-refractivity contribution in [1.29, 1.82) is 0 Å². The Balaban J connectivity index is 1.99. The monoisotopic (exact) mass is 328 g/mol. The van der Waals surface area contributed by atoms with Crippen LogP contribution in [0.3, 0.4) is 0 Å². The van der Waals surface area contributed by atoms with E-state index in [0.29, 0.717) is 0 Å². The zero-order chi connectivity index (χ0) is 17.3. The number of aliphatic imine (C=N–C) groups is 1. The Hall–Kier alpha value is -2.91. The Kier molecular flexibility index (Phi) is 3.86. The van der Waals surface area contributed by atoms with Gasteiger partial charge in [0, 0.05) is 5.56 Å². The van der Waals surface area contributed by atoms with Gasteiger partial charge in [0.05, 0.1) is 24.2 Å². The van der Waals surface area contributed by atoms with E-state index in [1.165, 1.54) is 0 Å². The first kappa shape index (κ1) is 15.6. The highest BCUT2D eigenvalue weighted by molar-refractivity contribution is 6.17. The largest absolute Gasteiger partial charge is 0.276 e. The summed E-state index contributed by atoms with van der Waals surface area (Å²) in [5, 5.41) is 1.96. The van der Waals surface area contributed by atoms with E-state index < -0.39 is 5.54 Å². The molecule has 0 saturated carbocycles. The van der Waals surface area contributed by atoms with Crippen molar-refractivity contribution in [2.45, 2.75) is 12.5 Å². The van der Waals surface area contributed by atoms with Crippen LogP contribution in [0.2, 0.25) is 0 Å². The average molecular weight is 328 g/mol. The van der Waals surface area contributed by atoms with E-state index in [1.807, 2.05) is 53.6 Å². The number of fused-ring (bicyclic) bond motifs is 1. The summed E-state index contributed by atoms with van der Waals surface area (Å²) in [6.45, 7) is 2.16. The van der Waals surface area contributed by atoms with Gasteiger partial charge < -0.3 is 0 Å². The summed E-state index contributed by atoms with van der Waals surface area (Å²) in [7, 11) is 1.71. The van der Waals surface area contributed by atoms with Crippen molar-refractivity contribution in [3.8, 4) is 0 Å². The average Bonchev–Trinajstić information content (AvgIpc) is 2.92. The summed E-state index contributed by atoms with van der Waals surface area (Å²) in [6, 6.07) is 28.7. The van der Waals surface area contributed by atoms with Crippen molar-refractivity contribution in [3.05, 3.63) is 96.1 Å². The summed E-state index contributed by atoms with van der Waals surface area (Å²) in [5.74, 6) is 0. The van der Waals surface area contributed by atoms with Gasteiger partial charge in [0.15, 0.2) is 0 Å². The Morgan fingerprint density at radius 1 is 0.800 bits per heavy atom. The minimum atomic E-state index is -0.504. The van der Waals surface area contributed by atoms with Crippen LogP contribution < -0.4 is 5.06 Å². The van der Waals surface area contributed by atoms with Gasteiger partial charge in [0.2, 0.25) is 0 Å². The molecule has 124 valence electrons. The second-order valence-corrected chi connectivity index (χ2v) is 6.23. The van der Waals surface area contributed by atoms with Crippen LogP contribution in [-0.2, 0) is 10.4 Å². The summed E-state index contributed by atoms with van der Waals surface area (Å²) < 4.78 is 0. The fourth-order valence-corrected chi connectivity index (χ4v) is 3.55. The third-order valence-electron chi connectivity index (χ3n) is 4.76. The van der Waals surface area contributed by atoms with E-state index in [0.717, 1.165) is 28.2 Å². The lowest BCUT2D eigenvalue weighted by Gasteiger charge is -2.35. The standard InChI is InChI=1S/C22H20N2O/c1-22(17-11-5-3-6-12-17)21(23-18-13-7-4-8-14-18)19-15-9-10-16-20(19)24(22)25-2/h3-16H,1-2H3. The van der Waals surface area contributed by atoms with Crippen molar-refractivity contribution in [3.63, 3.8) is 0 Å². The molecular weight excluding hydrogens is 308 g/mol. The van der Waals surface area contributed by atoms with Gasteiger partial charge in [0.1, 0.15) is 5.54 Å². The normalized spacial score (nSPS) is 20.7. The Morgan fingerprint density at radius 2 is 1.40 bits per heavy atom. The molecule has 3 aromatic carbocycles. The molecule has 3 aromatic rings. The van der Waals surface area contributed by atoms with Crippen LogP contribution >= 0.6 is 0 Å². The highest BCUT2D eigenvalue weighted by atomic mass is 16.7. The number of anilines is 1. The van der Waals surface area contributed by atoms with Gasteiger partial charge in [-0.2, -0.15) is 0 Å². The molecular formula is C22H20N2O. The van der Waals surface area contributed by atoms with Crippen molar-refractivity contribution in [2.75, 3.05) is 12.2 Å². The summed E-state index contributed by atoms with van der Waals surface area (Å²) >= 11 is 0. The number of hydrogen-bond acceptors (Lipinski definition) is 3. The number of hydroxylamine groups is 1. The van der Waals surface area contributed by atoms with Gasteiger partial charge in [-0.25, -0.2) is 10.1 Å². The first-order valence-electron chi connectivity index (χ1n) is 8.38. The van der Waals surface area contributed by atoms with Crippen LogP contribution in [-0.4, -0.2) is 12.8 Å². The van der Waals surface area contributed by atoms with Gasteiger partial charge in [0.25, 0.3) is 0 Å². The first-order valence-corrected chi connectivity index (χ1v) is 8.38. The lowest BCUT2D eigenvalue weighted by molar-refractivity contribution is 0.129. The molecule has 0 saturated heterocycles. The van der Waals surface area contributed by atoms with Crippen LogP contribution in [0.1, 0.15) is 18.1 Å². The number of hydrogen-bond donors (Lipinski definition) is 0. The molecule has 3 nitrogen and oxygen atoms in total. The Morgan fingerprint density at radius 3 is 2.08 bits per heavy atom. The number of benzene rings is 3. The fourth-order valence-electron chi connectivity index (χ4n) is 3.55. The highest BCUT2D eigenvalue weighted by Crippen LogP contribution is 2.45. The molecule has 4 rings (SSSR count). The van der Waals surface area contributed by atoms with Crippen molar-refractivity contribution < 1.29 is 4.84 Å². The first-order chi connectivity index (χ1) is 12.2. The van der Waals surface area contributed by atoms with E-state index in [4.69, 9.17) is 9.83 Å². The summed E-state index contributed by atoms with van der Waals surface area (Å²) in [5.41, 5.74) is 4.69. The zero-order valence-corrected chi connectivity index (χ0v) is 14.4. The molecule has 1 aliphatic heterocycles. The van der Waals surface area contributed by atoms with Crippen LogP contribution in [0.5, 0.6) is 0 Å². The third-order valence-corrected chi connectivity index (χ3v) is 4.76. The topological polar surface area (TPSA) is 24.8 Å². The minimum absolute atomic E-state index is 0.504. The second-order valence-electron chi connectivity index (χ2n) is 6.23. The van der Waals surface area contributed by atoms with Crippen molar-refractivity contribution in [2.24, 2.45) is 4.99 Å². The quantitative estimate of drug-likeness (QED) is 0.668. The van der Waals surface area contributed by atoms with Gasteiger partial charge in [-0.05, 0) is 30.7 Å². The maximum atomic E-state index is 5.83. The maximum Gasteiger partial charge on any atom is 0.132 e. The van der Waals surface area contributed by atoms with Crippen LogP contribution in [0.25, 0.3) is 0 Å². The van der Waals surface area contributed by atoms with Crippen molar-refractivity contribution in [1.82, 2.24) is 0 Å². The predicted molar refractivity (Wildman–Crippen MR) is 102 cm³/mol. The molecule has 1 heterocycles. The fraction of sp³-hybridized carbons (Fsp3) is 0.136. The van der Waals surface area contributed by atoms with E-state index in [9.17, 15) is 0 Å². The highest BCUT2D eigenvalue weighted by Gasteiger charge is 2.47. The van der Waals surface area contributed by atoms with Crippen LogP contribution in [0.4, 0.5) is 11.4 Å². The second kappa shape index (κ2) is 6.19. The minimum Gasteiger partial charge on any atom is -0.276 e. The molecule has 0 N–H and O–H groups in total. The molecule has 1 aliphatic rings. The Bertz CT molecular complexity index is 906. The zero-order valence-electron chi connectivity index (χ0n) is 14.4. The Labute approximate surface area is 148 Å². The smallest absolute Gasteiger partial charge is 0.132 e. The van der Waals surface area contributed by atoms with E-state index in [1.54, 1.807) is 7.11 Å². The maximum absolute atomic E-state index is 5.83. The number of nitrogens with zero attached hydrogens (tertiary/aromatic N) is 2. The molecule has 0 amide bonds. The van der Waals surface area contributed by atoms with E-state index in [2.05, 4.69) is 43.3 Å². The lowest BCUT2D eigenvalue weighted by Crippen LogP contribution is -2.44. The van der Waals surface area contributed by atoms with Gasteiger partial charge in [-0.15, -0.1) is 0 Å². The summed E-state index contributed by atoms with van der Waals surface area (Å²) in [4.78, 5) is 10.9. The van der Waals surface area contributed by atoms with Crippen LogP contribution in [0.15, 0.2) is 89.9 Å². The SMILES string of the molecule is CON1c2ccccc2C(=Nc2ccccc2)C1(C)c1ccccc1. The number of rotatable bonds is 3. The molecule has 1 atom stereocenters. The molecule has 25 heavy (non-hydrogen) atoms. The molecule has 0 aromatic heterocycles. The molecule has 0 spiro atoms. The van der Waals surface area contributed by atoms with Gasteiger partial charge in [-0.1, -0.05) is 66.7 Å². The predicted octanol–water partition coefficient (Wildman–Crippen LogP) is 5.10. The third kappa shape index (κ3) is 2.44. The molecule has 0 aliphatic carbocycles. The van der Waals surface area contributed by atoms with E-state index >= 15 is 0 Å². The lowest BCUT2D eigenvalue weighted by atomic mass is 9.86. The molecule has 3 heteroatoms. The van der Waals surface area contributed by atoms with Crippen molar-refractivity contribution >= 4 is 17.1 Å². The van der Waals surface area contributed by atoms with Crippen LogP contribution in [0, 0.1) is 0 Å². The molecule has 0 bridgehead atoms. The molecule has 0 radical (unpaired) electrons. The summed E-state index contributed by atoms with van der Waals surface area (Å²) in [6.07, 6.45) is 0. The van der Waals surface area contributed by atoms with Gasteiger partial charge >= 0.3 is 0 Å². The molecule has 0 fully saturated rings. The number of para-hydroxylation sites is 2. The van der Waals surface area contributed by atoms with E-state index in [-0.39, 0.29) is 0 Å². The van der Waals surface area contributed by atoms with Gasteiger partial charge in [-0.3, -0.25) is 4.84 Å².